The van der Waals surface area contributed by atoms with Crippen molar-refractivity contribution in [2.45, 2.75) is 84.4 Å². The molecule has 4 amide bonds. The predicted octanol–water partition coefficient (Wildman–Crippen LogP) is 4.34. The van der Waals surface area contributed by atoms with Gasteiger partial charge < -0.3 is 31.1 Å². The first-order chi connectivity index (χ1) is 25.8. The molecule has 2 heterocycles. The topological polar surface area (TPSA) is 213 Å². The van der Waals surface area contributed by atoms with E-state index in [4.69, 9.17) is 4.74 Å². The van der Waals surface area contributed by atoms with Crippen molar-refractivity contribution in [1.82, 2.24) is 41.6 Å². The summed E-state index contributed by atoms with van der Waals surface area (Å²) in [5, 5.41) is 34.8. The number of carbonyl (C=O) groups excluding carboxylic acids is 4. The van der Waals surface area contributed by atoms with Crippen LogP contribution in [0.25, 0.3) is 22.5 Å². The summed E-state index contributed by atoms with van der Waals surface area (Å²) < 4.78 is 5.34. The van der Waals surface area contributed by atoms with Crippen LogP contribution in [0.5, 0.6) is 0 Å². The molecule has 1 aliphatic carbocycles. The number of pyridine rings is 1. The number of amides is 4. The zero-order chi connectivity index (χ0) is 38.8. The van der Waals surface area contributed by atoms with Gasteiger partial charge in [0.05, 0.1) is 6.61 Å². The molecule has 2 unspecified atom stereocenters. The number of alkyl carbamates (subject to hydrolysis) is 1. The Balaban J connectivity index is 1.25. The molecule has 6 N–H and O–H groups in total. The van der Waals surface area contributed by atoms with Gasteiger partial charge in [-0.3, -0.25) is 14.4 Å². The molecule has 54 heavy (non-hydrogen) atoms. The summed E-state index contributed by atoms with van der Waals surface area (Å²) in [6, 6.07) is 16.9. The molecule has 1 saturated carbocycles. The summed E-state index contributed by atoms with van der Waals surface area (Å²) in [7, 11) is 0. The maximum absolute atomic E-state index is 13.8. The molecule has 286 valence electrons. The highest BCUT2D eigenvalue weighted by molar-refractivity contribution is 5.98. The van der Waals surface area contributed by atoms with E-state index in [2.05, 4.69) is 46.9 Å². The molecule has 2 aromatic heterocycles. The number of anilines is 1. The lowest BCUT2D eigenvalue weighted by atomic mass is 9.81. The second kappa shape index (κ2) is 17.9. The van der Waals surface area contributed by atoms with Crippen LogP contribution in [-0.4, -0.2) is 85.4 Å². The monoisotopic (exact) mass is 739 g/mol. The number of aromatic nitrogens is 5. The number of carbonyl (C=O) groups is 4. The molecule has 0 saturated heterocycles. The van der Waals surface area contributed by atoms with Gasteiger partial charge in [-0.05, 0) is 113 Å². The maximum Gasteiger partial charge on any atom is 0.407 e. The third-order valence-corrected chi connectivity index (χ3v) is 9.22. The largest absolute Gasteiger partial charge is 0.444 e. The van der Waals surface area contributed by atoms with Gasteiger partial charge in [-0.15, -0.1) is 10.2 Å². The van der Waals surface area contributed by atoms with Crippen molar-refractivity contribution < 1.29 is 29.0 Å². The van der Waals surface area contributed by atoms with E-state index in [1.807, 2.05) is 58.0 Å². The van der Waals surface area contributed by atoms with Gasteiger partial charge in [0.15, 0.2) is 0 Å². The normalized spacial score (nSPS) is 16.8. The van der Waals surface area contributed by atoms with Crippen LogP contribution in [0.4, 0.5) is 10.5 Å². The van der Waals surface area contributed by atoms with E-state index < -0.39 is 17.7 Å². The van der Waals surface area contributed by atoms with E-state index in [9.17, 15) is 24.3 Å². The second-order valence-electron chi connectivity index (χ2n) is 14.8. The molecular weight excluding hydrogens is 690 g/mol. The predicted molar refractivity (Wildman–Crippen MR) is 202 cm³/mol. The van der Waals surface area contributed by atoms with E-state index >= 15 is 0 Å². The summed E-state index contributed by atoms with van der Waals surface area (Å²) in [6.45, 7) is 9.29. The Morgan fingerprint density at radius 1 is 0.926 bits per heavy atom. The van der Waals surface area contributed by atoms with Crippen LogP contribution in [0.15, 0.2) is 60.7 Å². The van der Waals surface area contributed by atoms with Crippen LogP contribution < -0.4 is 21.3 Å². The van der Waals surface area contributed by atoms with Crippen LogP contribution in [0.3, 0.4) is 0 Å². The second-order valence-corrected chi connectivity index (χ2v) is 14.8. The first-order valence-electron chi connectivity index (χ1n) is 18.2. The highest BCUT2D eigenvalue weighted by Gasteiger charge is 2.30. The fourth-order valence-corrected chi connectivity index (χ4v) is 6.28. The number of H-pyrrole nitrogens is 1. The molecule has 15 heteroatoms. The van der Waals surface area contributed by atoms with E-state index in [0.29, 0.717) is 36.6 Å². The van der Waals surface area contributed by atoms with Crippen molar-refractivity contribution >= 4 is 29.5 Å². The summed E-state index contributed by atoms with van der Waals surface area (Å²) in [6.07, 6.45) is 2.60. The van der Waals surface area contributed by atoms with Crippen LogP contribution in [-0.2, 0) is 20.7 Å². The summed E-state index contributed by atoms with van der Waals surface area (Å²) in [4.78, 5) is 56.5. The molecule has 4 aromatic rings. The number of ether oxygens (including phenoxy) is 1. The van der Waals surface area contributed by atoms with Gasteiger partial charge in [0.25, 0.3) is 5.91 Å². The minimum Gasteiger partial charge on any atom is -0.444 e. The Hall–Kier alpha value is -5.70. The number of aryl methyl sites for hydroxylation is 1. The molecule has 2 aromatic carbocycles. The van der Waals surface area contributed by atoms with Crippen LogP contribution >= 0.6 is 0 Å². The minimum atomic E-state index is -0.866. The Morgan fingerprint density at radius 2 is 1.61 bits per heavy atom. The number of nitrogens with one attached hydrogen (secondary N) is 5. The van der Waals surface area contributed by atoms with Crippen LogP contribution in [0.2, 0.25) is 0 Å². The van der Waals surface area contributed by atoms with Crippen molar-refractivity contribution in [1.29, 1.82) is 0 Å². The Bertz CT molecular complexity index is 1890. The maximum atomic E-state index is 13.8. The Kier molecular flexibility index (Phi) is 13.1. The number of hydrogen-bond donors (Lipinski definition) is 6. The SMILES string of the molecule is Cc1nc(C(=O)NC(C)CO)ccc1-c1ccc(CC(NC(=O)C2CCC(CNC(=O)OC(C)(C)C)CC2)C(=O)Nc2ccc(-c3nn[nH]n3)cc2)cc1. The smallest absolute Gasteiger partial charge is 0.407 e. The number of aromatic amines is 1. The first kappa shape index (κ1) is 39.5. The summed E-state index contributed by atoms with van der Waals surface area (Å²) >= 11 is 0. The van der Waals surface area contributed by atoms with Gasteiger partial charge in [-0.1, -0.05) is 30.3 Å². The number of tetrazole rings is 1. The number of rotatable bonds is 13. The van der Waals surface area contributed by atoms with Crippen LogP contribution in [0, 0.1) is 18.8 Å². The molecular formula is C39H49N9O6. The van der Waals surface area contributed by atoms with Gasteiger partial charge >= 0.3 is 6.09 Å². The highest BCUT2D eigenvalue weighted by Crippen LogP contribution is 2.29. The first-order valence-corrected chi connectivity index (χ1v) is 18.2. The van der Waals surface area contributed by atoms with Crippen molar-refractivity contribution in [3.63, 3.8) is 0 Å². The molecule has 0 radical (unpaired) electrons. The Morgan fingerprint density at radius 3 is 2.22 bits per heavy atom. The van der Waals surface area contributed by atoms with E-state index in [1.54, 1.807) is 37.3 Å². The van der Waals surface area contributed by atoms with E-state index in [-0.39, 0.29) is 54.3 Å². The number of aliphatic hydroxyl groups excluding tert-OH is 1. The average molecular weight is 740 g/mol. The lowest BCUT2D eigenvalue weighted by Gasteiger charge is -2.29. The van der Waals surface area contributed by atoms with Crippen molar-refractivity contribution in [3.05, 3.63) is 77.6 Å². The third kappa shape index (κ3) is 11.2. The minimum absolute atomic E-state index is 0.172. The zero-order valence-electron chi connectivity index (χ0n) is 31.3. The fraction of sp³-hybridized carbons (Fsp3) is 0.436. The molecule has 0 spiro atoms. The molecule has 0 aliphatic heterocycles. The number of hydrogen-bond acceptors (Lipinski definition) is 10. The van der Waals surface area contributed by atoms with Gasteiger partial charge in [0, 0.05) is 47.4 Å². The molecule has 1 aliphatic rings. The number of nitrogens with zero attached hydrogens (tertiary/aromatic N) is 4. The number of aliphatic hydroxyl groups is 1. The molecule has 5 rings (SSSR count). The van der Waals surface area contributed by atoms with Gasteiger partial charge in [0.2, 0.25) is 17.6 Å². The lowest BCUT2D eigenvalue weighted by Crippen LogP contribution is -2.48. The summed E-state index contributed by atoms with van der Waals surface area (Å²) in [5.41, 5.74) is 4.18. The van der Waals surface area contributed by atoms with E-state index in [0.717, 1.165) is 35.1 Å². The fourth-order valence-electron chi connectivity index (χ4n) is 6.28. The molecule has 15 nitrogen and oxygen atoms in total. The quantitative estimate of drug-likeness (QED) is 0.114. The molecule has 0 bridgehead atoms. The van der Waals surface area contributed by atoms with Crippen LogP contribution in [0.1, 0.15) is 75.1 Å². The van der Waals surface area contributed by atoms with Gasteiger partial charge in [-0.25, -0.2) is 9.78 Å². The van der Waals surface area contributed by atoms with E-state index in [1.165, 1.54) is 0 Å². The van der Waals surface area contributed by atoms with Crippen molar-refractivity contribution in [2.24, 2.45) is 11.8 Å². The number of benzene rings is 2. The van der Waals surface area contributed by atoms with Gasteiger partial charge in [-0.2, -0.15) is 5.21 Å². The van der Waals surface area contributed by atoms with Gasteiger partial charge in [0.1, 0.15) is 17.3 Å². The Labute approximate surface area is 314 Å². The lowest BCUT2D eigenvalue weighted by molar-refractivity contribution is -0.130. The molecule has 1 fully saturated rings. The summed E-state index contributed by atoms with van der Waals surface area (Å²) in [5.74, 6) is -0.508. The highest BCUT2D eigenvalue weighted by atomic mass is 16.6. The standard InChI is InChI=1S/C39H49N9O6/c1-23(22-49)41-36(51)32-19-18-31(24(2)42-32)27-10-6-25(7-11-27)20-33(37(52)43-30-16-14-28(15-17-30)34-45-47-48-46-34)44-35(50)29-12-8-26(9-13-29)21-40-38(53)54-39(3,4)5/h6-7,10-11,14-19,23,26,29,33,49H,8-9,12-13,20-22H2,1-5H3,(H,40,53)(H,41,51)(H,43,52)(H,44,50)(H,45,46,47,48). The third-order valence-electron chi connectivity index (χ3n) is 9.22. The van der Waals surface area contributed by atoms with Crippen molar-refractivity contribution in [2.75, 3.05) is 18.5 Å². The zero-order valence-corrected chi connectivity index (χ0v) is 31.3. The van der Waals surface area contributed by atoms with Crippen molar-refractivity contribution in [3.8, 4) is 22.5 Å². The molecule has 2 atom stereocenters. The average Bonchev–Trinajstić information content (AvgIpc) is 3.69.